The topological polar surface area (TPSA) is 78.5 Å². The van der Waals surface area contributed by atoms with E-state index in [2.05, 4.69) is 26.4 Å². The first-order valence-corrected chi connectivity index (χ1v) is 12.6. The number of benzene rings is 2. The zero-order valence-corrected chi connectivity index (χ0v) is 19.2. The number of hydrogen-bond acceptors (Lipinski definition) is 5. The molecule has 0 bridgehead atoms. The van der Waals surface area contributed by atoms with Gasteiger partial charge in [-0.3, -0.25) is 4.79 Å². The second kappa shape index (κ2) is 9.00. The average molecular weight is 476 g/mol. The summed E-state index contributed by atoms with van der Waals surface area (Å²) < 4.78 is 27.6. The molecule has 1 aliphatic rings. The fourth-order valence-electron chi connectivity index (χ4n) is 3.52. The molecule has 6 nitrogen and oxygen atoms in total. The van der Waals surface area contributed by atoms with Gasteiger partial charge in [0.05, 0.1) is 22.3 Å². The molecule has 0 unspecified atom stereocenters. The molecule has 0 radical (unpaired) electrons. The van der Waals surface area contributed by atoms with E-state index in [0.29, 0.717) is 10.7 Å². The van der Waals surface area contributed by atoms with Gasteiger partial charge < -0.3 is 10.2 Å². The van der Waals surface area contributed by atoms with Gasteiger partial charge in [-0.15, -0.1) is 11.3 Å². The number of carbonyl (C=O) groups is 1. The Balaban J connectivity index is 1.47. The SMILES string of the molecule is C[C@H](NS(=O)(=O)c1ccc(Cl)cc1)C(=O)Nc1ccccc1N1CCc2sccc2C1. The molecule has 1 atom stereocenters. The van der Waals surface area contributed by atoms with E-state index in [1.54, 1.807) is 11.3 Å². The minimum absolute atomic E-state index is 0.0526. The van der Waals surface area contributed by atoms with Gasteiger partial charge in [-0.05, 0) is 66.8 Å². The van der Waals surface area contributed by atoms with Crippen molar-refractivity contribution in [1.82, 2.24) is 4.72 Å². The highest BCUT2D eigenvalue weighted by Crippen LogP contribution is 2.32. The van der Waals surface area contributed by atoms with Crippen LogP contribution in [0.4, 0.5) is 11.4 Å². The van der Waals surface area contributed by atoms with Crippen molar-refractivity contribution in [3.05, 3.63) is 75.4 Å². The molecule has 0 saturated carbocycles. The number of anilines is 2. The van der Waals surface area contributed by atoms with Crippen LogP contribution in [0.5, 0.6) is 0 Å². The highest BCUT2D eigenvalue weighted by molar-refractivity contribution is 7.89. The average Bonchev–Trinajstić information content (AvgIpc) is 3.22. The Morgan fingerprint density at radius 1 is 1.13 bits per heavy atom. The van der Waals surface area contributed by atoms with Crippen LogP contribution in [0.2, 0.25) is 5.02 Å². The molecule has 4 rings (SSSR count). The summed E-state index contributed by atoms with van der Waals surface area (Å²) in [4.78, 5) is 16.5. The maximum absolute atomic E-state index is 12.8. The van der Waals surface area contributed by atoms with Crippen molar-refractivity contribution >= 4 is 50.2 Å². The zero-order chi connectivity index (χ0) is 22.0. The smallest absolute Gasteiger partial charge is 0.242 e. The highest BCUT2D eigenvalue weighted by Gasteiger charge is 2.24. The number of rotatable bonds is 6. The molecule has 0 fully saturated rings. The van der Waals surface area contributed by atoms with Crippen molar-refractivity contribution in [2.45, 2.75) is 30.8 Å². The number of hydrogen-bond donors (Lipinski definition) is 2. The molecule has 2 aromatic carbocycles. The Morgan fingerprint density at radius 3 is 2.65 bits per heavy atom. The number of halogens is 1. The van der Waals surface area contributed by atoms with Crippen LogP contribution in [0, 0.1) is 0 Å². The first kappa shape index (κ1) is 21.8. The van der Waals surface area contributed by atoms with Crippen LogP contribution in [-0.4, -0.2) is 26.9 Å². The van der Waals surface area contributed by atoms with E-state index in [1.807, 2.05) is 24.3 Å². The van der Waals surface area contributed by atoms with E-state index in [4.69, 9.17) is 11.6 Å². The number of nitrogens with zero attached hydrogens (tertiary/aromatic N) is 1. The van der Waals surface area contributed by atoms with Crippen LogP contribution in [0.1, 0.15) is 17.4 Å². The third kappa shape index (κ3) is 4.93. The number of thiophene rings is 1. The summed E-state index contributed by atoms with van der Waals surface area (Å²) in [5, 5.41) is 5.43. The summed E-state index contributed by atoms with van der Waals surface area (Å²) in [6.45, 7) is 3.16. The lowest BCUT2D eigenvalue weighted by Crippen LogP contribution is -2.41. The third-order valence-electron chi connectivity index (χ3n) is 5.16. The van der Waals surface area contributed by atoms with E-state index >= 15 is 0 Å². The van der Waals surface area contributed by atoms with Crippen molar-refractivity contribution in [2.24, 2.45) is 0 Å². The van der Waals surface area contributed by atoms with E-state index in [9.17, 15) is 13.2 Å². The summed E-state index contributed by atoms with van der Waals surface area (Å²) in [7, 11) is -3.85. The fourth-order valence-corrected chi connectivity index (χ4v) is 5.74. The van der Waals surface area contributed by atoms with E-state index < -0.39 is 22.0 Å². The van der Waals surface area contributed by atoms with Gasteiger partial charge in [-0.2, -0.15) is 4.72 Å². The Bertz CT molecular complexity index is 1190. The third-order valence-corrected chi connectivity index (χ3v) is 7.99. The molecule has 0 aliphatic carbocycles. The number of para-hydroxylation sites is 2. The van der Waals surface area contributed by atoms with Gasteiger partial charge >= 0.3 is 0 Å². The van der Waals surface area contributed by atoms with E-state index in [1.165, 1.54) is 41.6 Å². The fraction of sp³-hybridized carbons (Fsp3) is 0.227. The summed E-state index contributed by atoms with van der Waals surface area (Å²) in [5.74, 6) is -0.432. The van der Waals surface area contributed by atoms with Gasteiger partial charge in [-0.1, -0.05) is 23.7 Å². The number of nitrogens with one attached hydrogen (secondary N) is 2. The normalized spacial score (nSPS) is 14.7. The first-order valence-electron chi connectivity index (χ1n) is 9.81. The molecule has 1 amide bonds. The maximum atomic E-state index is 12.8. The maximum Gasteiger partial charge on any atom is 0.242 e. The van der Waals surface area contributed by atoms with Crippen molar-refractivity contribution < 1.29 is 13.2 Å². The Kier molecular flexibility index (Phi) is 6.34. The molecule has 2 heterocycles. The predicted molar refractivity (Wildman–Crippen MR) is 125 cm³/mol. The van der Waals surface area contributed by atoms with Gasteiger partial charge in [-0.25, -0.2) is 8.42 Å². The van der Waals surface area contributed by atoms with Crippen LogP contribution in [-0.2, 0) is 27.8 Å². The van der Waals surface area contributed by atoms with Crippen LogP contribution in [0.25, 0.3) is 0 Å². The number of amides is 1. The first-order chi connectivity index (χ1) is 14.8. The summed E-state index contributed by atoms with van der Waals surface area (Å²) in [5.41, 5.74) is 2.88. The second-order valence-electron chi connectivity index (χ2n) is 7.34. The lowest BCUT2D eigenvalue weighted by atomic mass is 10.1. The Morgan fingerprint density at radius 2 is 1.87 bits per heavy atom. The molecule has 1 aromatic heterocycles. The molecule has 3 aromatic rings. The van der Waals surface area contributed by atoms with Crippen LogP contribution in [0.3, 0.4) is 0 Å². The molecular formula is C22H22ClN3O3S2. The lowest BCUT2D eigenvalue weighted by Gasteiger charge is -2.31. The van der Waals surface area contributed by atoms with Crippen molar-refractivity contribution in [3.63, 3.8) is 0 Å². The zero-order valence-electron chi connectivity index (χ0n) is 16.8. The number of carbonyl (C=O) groups excluding carboxylic acids is 1. The quantitative estimate of drug-likeness (QED) is 0.558. The largest absolute Gasteiger partial charge is 0.365 e. The minimum atomic E-state index is -3.85. The van der Waals surface area contributed by atoms with Crippen molar-refractivity contribution in [3.8, 4) is 0 Å². The number of fused-ring (bicyclic) bond motifs is 1. The minimum Gasteiger partial charge on any atom is -0.365 e. The monoisotopic (exact) mass is 475 g/mol. The van der Waals surface area contributed by atoms with Gasteiger partial charge in [0, 0.05) is 23.0 Å². The summed E-state index contributed by atoms with van der Waals surface area (Å²) in [6.07, 6.45) is 0.965. The van der Waals surface area contributed by atoms with Crippen LogP contribution < -0.4 is 14.9 Å². The van der Waals surface area contributed by atoms with Crippen LogP contribution in [0.15, 0.2) is 64.9 Å². The van der Waals surface area contributed by atoms with Crippen molar-refractivity contribution in [1.29, 1.82) is 0 Å². The predicted octanol–water partition coefficient (Wildman–Crippen LogP) is 4.27. The molecule has 162 valence electrons. The van der Waals surface area contributed by atoms with E-state index in [0.717, 1.165) is 25.2 Å². The van der Waals surface area contributed by atoms with Gasteiger partial charge in [0.25, 0.3) is 0 Å². The highest BCUT2D eigenvalue weighted by atomic mass is 35.5. The summed E-state index contributed by atoms with van der Waals surface area (Å²) >= 11 is 7.60. The Hall–Kier alpha value is -2.39. The lowest BCUT2D eigenvalue weighted by molar-refractivity contribution is -0.117. The van der Waals surface area contributed by atoms with Gasteiger partial charge in [0.2, 0.25) is 15.9 Å². The molecule has 2 N–H and O–H groups in total. The van der Waals surface area contributed by atoms with Gasteiger partial charge in [0.1, 0.15) is 0 Å². The summed E-state index contributed by atoms with van der Waals surface area (Å²) in [6, 6.07) is 14.6. The molecule has 31 heavy (non-hydrogen) atoms. The van der Waals surface area contributed by atoms with Crippen LogP contribution >= 0.6 is 22.9 Å². The molecule has 9 heteroatoms. The second-order valence-corrected chi connectivity index (χ2v) is 10.5. The Labute approximate surface area is 190 Å². The van der Waals surface area contributed by atoms with Crippen molar-refractivity contribution in [2.75, 3.05) is 16.8 Å². The molecular weight excluding hydrogens is 454 g/mol. The molecule has 0 saturated heterocycles. The number of sulfonamides is 1. The standard InChI is InChI=1S/C22H22ClN3O3S2/c1-15(25-31(28,29)18-8-6-17(23)7-9-18)22(27)24-19-4-2-3-5-20(19)26-12-10-21-16(14-26)11-13-30-21/h2-9,11,13,15,25H,10,12,14H2,1H3,(H,24,27)/t15-/m0/s1. The van der Waals surface area contributed by atoms with Gasteiger partial charge in [0.15, 0.2) is 0 Å². The van der Waals surface area contributed by atoms with E-state index in [-0.39, 0.29) is 4.90 Å². The molecule has 0 spiro atoms. The molecule has 1 aliphatic heterocycles.